The van der Waals surface area contributed by atoms with Gasteiger partial charge in [0.1, 0.15) is 5.58 Å². The number of fused-ring (bicyclic) bond motifs is 2. The molecule has 0 aliphatic heterocycles. The third-order valence-corrected chi connectivity index (χ3v) is 2.92. The van der Waals surface area contributed by atoms with Gasteiger partial charge in [0.25, 0.3) is 0 Å². The molecular formula is C14H10O3. The molecule has 0 saturated heterocycles. The Hall–Kier alpha value is -2.29. The maximum atomic E-state index is 12.2. The number of hydrogen-bond donors (Lipinski definition) is 1. The van der Waals surface area contributed by atoms with Crippen LogP contribution in [0.4, 0.5) is 0 Å². The van der Waals surface area contributed by atoms with Gasteiger partial charge in [0.05, 0.1) is 10.8 Å². The topological polar surface area (TPSA) is 50.4 Å². The molecule has 17 heavy (non-hydrogen) atoms. The van der Waals surface area contributed by atoms with Gasteiger partial charge in [-0.05, 0) is 30.7 Å². The normalized spacial score (nSPS) is 11.1. The van der Waals surface area contributed by atoms with Crippen molar-refractivity contribution in [3.63, 3.8) is 0 Å². The highest BCUT2D eigenvalue weighted by atomic mass is 16.4. The van der Waals surface area contributed by atoms with Crippen LogP contribution in [0.5, 0.6) is 5.75 Å². The molecule has 1 aromatic heterocycles. The molecule has 3 nitrogen and oxygen atoms in total. The zero-order chi connectivity index (χ0) is 12.0. The molecule has 0 radical (unpaired) electrons. The molecule has 0 spiro atoms. The van der Waals surface area contributed by atoms with Crippen molar-refractivity contribution in [1.29, 1.82) is 0 Å². The molecule has 0 unspecified atom stereocenters. The van der Waals surface area contributed by atoms with E-state index < -0.39 is 0 Å². The highest BCUT2D eigenvalue weighted by Gasteiger charge is 2.11. The highest BCUT2D eigenvalue weighted by Crippen LogP contribution is 2.28. The average molecular weight is 226 g/mol. The fourth-order valence-electron chi connectivity index (χ4n) is 1.95. The van der Waals surface area contributed by atoms with E-state index in [2.05, 4.69) is 0 Å². The molecule has 84 valence electrons. The summed E-state index contributed by atoms with van der Waals surface area (Å²) in [6, 6.07) is 10.4. The largest absolute Gasteiger partial charge is 0.504 e. The number of rotatable bonds is 0. The SMILES string of the molecule is Cc1ccc2c(=O)c3ccccc3oc2c1O. The molecule has 0 bridgehead atoms. The fraction of sp³-hybridized carbons (Fsp3) is 0.0714. The molecule has 1 heterocycles. The van der Waals surface area contributed by atoms with E-state index >= 15 is 0 Å². The Kier molecular flexibility index (Phi) is 1.95. The van der Waals surface area contributed by atoms with Crippen LogP contribution in [0.15, 0.2) is 45.6 Å². The molecule has 2 aromatic carbocycles. The van der Waals surface area contributed by atoms with Gasteiger partial charge in [-0.2, -0.15) is 0 Å². The maximum Gasteiger partial charge on any atom is 0.200 e. The zero-order valence-electron chi connectivity index (χ0n) is 9.23. The van der Waals surface area contributed by atoms with Gasteiger partial charge in [0.15, 0.2) is 11.3 Å². The Morgan fingerprint density at radius 2 is 1.82 bits per heavy atom. The smallest absolute Gasteiger partial charge is 0.200 e. The standard InChI is InChI=1S/C14H10O3/c1-8-6-7-10-13(16)9-4-2-3-5-11(9)17-14(10)12(8)15/h2-7,15H,1H3. The van der Waals surface area contributed by atoms with Crippen LogP contribution in [0.1, 0.15) is 5.56 Å². The summed E-state index contributed by atoms with van der Waals surface area (Å²) in [5, 5.41) is 10.8. The monoisotopic (exact) mass is 226 g/mol. The van der Waals surface area contributed by atoms with Gasteiger partial charge in [-0.1, -0.05) is 18.2 Å². The van der Waals surface area contributed by atoms with Crippen LogP contribution in [0.2, 0.25) is 0 Å². The minimum Gasteiger partial charge on any atom is -0.504 e. The van der Waals surface area contributed by atoms with E-state index in [1.807, 2.05) is 0 Å². The first-order chi connectivity index (χ1) is 8.18. The fourth-order valence-corrected chi connectivity index (χ4v) is 1.95. The van der Waals surface area contributed by atoms with Gasteiger partial charge < -0.3 is 9.52 Å². The minimum absolute atomic E-state index is 0.0327. The van der Waals surface area contributed by atoms with E-state index in [4.69, 9.17) is 4.42 Å². The van der Waals surface area contributed by atoms with Crippen molar-refractivity contribution >= 4 is 21.9 Å². The summed E-state index contributed by atoms with van der Waals surface area (Å²) in [4.78, 5) is 12.2. The predicted octanol–water partition coefficient (Wildman–Crippen LogP) is 2.96. The molecule has 0 aliphatic carbocycles. The first kappa shape index (κ1) is 9.90. The van der Waals surface area contributed by atoms with Gasteiger partial charge in [0.2, 0.25) is 5.43 Å². The van der Waals surface area contributed by atoms with Crippen LogP contribution in [0.3, 0.4) is 0 Å². The van der Waals surface area contributed by atoms with Crippen LogP contribution in [0.25, 0.3) is 21.9 Å². The van der Waals surface area contributed by atoms with Gasteiger partial charge >= 0.3 is 0 Å². The Morgan fingerprint density at radius 3 is 2.65 bits per heavy atom. The molecule has 3 aromatic rings. The molecule has 0 saturated carbocycles. The Balaban J connectivity index is 2.64. The average Bonchev–Trinajstić information content (AvgIpc) is 2.35. The van der Waals surface area contributed by atoms with Crippen LogP contribution >= 0.6 is 0 Å². The van der Waals surface area contributed by atoms with E-state index in [0.717, 1.165) is 0 Å². The van der Waals surface area contributed by atoms with Crippen molar-refractivity contribution in [2.24, 2.45) is 0 Å². The number of benzene rings is 2. The predicted molar refractivity (Wildman–Crippen MR) is 66.4 cm³/mol. The number of phenolic OH excluding ortho intramolecular Hbond substituents is 1. The lowest BCUT2D eigenvalue weighted by atomic mass is 10.1. The van der Waals surface area contributed by atoms with E-state index in [1.54, 1.807) is 43.3 Å². The Labute approximate surface area is 96.9 Å². The second kappa shape index (κ2) is 3.35. The Bertz CT molecular complexity index is 784. The van der Waals surface area contributed by atoms with Crippen LogP contribution in [-0.2, 0) is 0 Å². The lowest BCUT2D eigenvalue weighted by Gasteiger charge is -2.04. The number of aromatic hydroxyl groups is 1. The Morgan fingerprint density at radius 1 is 1.06 bits per heavy atom. The quantitative estimate of drug-likeness (QED) is 0.599. The summed E-state index contributed by atoms with van der Waals surface area (Å²) in [6.07, 6.45) is 0. The molecule has 0 fully saturated rings. The van der Waals surface area contributed by atoms with Crippen molar-refractivity contribution in [2.75, 3.05) is 0 Å². The van der Waals surface area contributed by atoms with E-state index in [9.17, 15) is 9.90 Å². The lowest BCUT2D eigenvalue weighted by Crippen LogP contribution is -2.02. The van der Waals surface area contributed by atoms with Gasteiger partial charge in [0, 0.05) is 0 Å². The number of hydrogen-bond acceptors (Lipinski definition) is 3. The molecule has 0 atom stereocenters. The van der Waals surface area contributed by atoms with Crippen molar-refractivity contribution in [3.8, 4) is 5.75 Å². The summed E-state index contributed by atoms with van der Waals surface area (Å²) >= 11 is 0. The second-order valence-corrected chi connectivity index (χ2v) is 4.04. The van der Waals surface area contributed by atoms with Gasteiger partial charge in [-0.15, -0.1) is 0 Å². The van der Waals surface area contributed by atoms with Crippen molar-refractivity contribution in [2.45, 2.75) is 6.92 Å². The van der Waals surface area contributed by atoms with Crippen molar-refractivity contribution < 1.29 is 9.52 Å². The van der Waals surface area contributed by atoms with Crippen molar-refractivity contribution in [3.05, 3.63) is 52.2 Å². The van der Waals surface area contributed by atoms with Gasteiger partial charge in [-0.3, -0.25) is 4.79 Å². The number of aryl methyl sites for hydroxylation is 1. The third-order valence-electron chi connectivity index (χ3n) is 2.92. The second-order valence-electron chi connectivity index (χ2n) is 4.04. The molecular weight excluding hydrogens is 216 g/mol. The first-order valence-electron chi connectivity index (χ1n) is 5.32. The molecule has 0 aliphatic rings. The van der Waals surface area contributed by atoms with Gasteiger partial charge in [-0.25, -0.2) is 0 Å². The summed E-state index contributed by atoms with van der Waals surface area (Å²) in [5.41, 5.74) is 1.33. The van der Waals surface area contributed by atoms with E-state index in [0.29, 0.717) is 21.9 Å². The van der Waals surface area contributed by atoms with Crippen LogP contribution in [0, 0.1) is 6.92 Å². The maximum absolute atomic E-state index is 12.2. The molecule has 1 N–H and O–H groups in total. The highest BCUT2D eigenvalue weighted by molar-refractivity contribution is 5.92. The minimum atomic E-state index is -0.114. The summed E-state index contributed by atoms with van der Waals surface area (Å²) < 4.78 is 5.59. The van der Waals surface area contributed by atoms with Crippen molar-refractivity contribution in [1.82, 2.24) is 0 Å². The van der Waals surface area contributed by atoms with E-state index in [-0.39, 0.29) is 16.8 Å². The summed E-state index contributed by atoms with van der Waals surface area (Å²) in [5.74, 6) is 0.0327. The summed E-state index contributed by atoms with van der Waals surface area (Å²) in [6.45, 7) is 1.77. The molecule has 3 rings (SSSR count). The number of para-hydroxylation sites is 1. The third kappa shape index (κ3) is 1.32. The zero-order valence-corrected chi connectivity index (χ0v) is 9.23. The summed E-state index contributed by atoms with van der Waals surface area (Å²) in [7, 11) is 0. The molecule has 0 amide bonds. The van der Waals surface area contributed by atoms with E-state index in [1.165, 1.54) is 0 Å². The first-order valence-corrected chi connectivity index (χ1v) is 5.32. The van der Waals surface area contributed by atoms with Crippen LogP contribution in [-0.4, -0.2) is 5.11 Å². The van der Waals surface area contributed by atoms with Crippen LogP contribution < -0.4 is 5.43 Å². The number of phenols is 1. The lowest BCUT2D eigenvalue weighted by molar-refractivity contribution is 0.464. The molecule has 3 heteroatoms.